The number of nitrogens with two attached hydrogens (primary N) is 1. The summed E-state index contributed by atoms with van der Waals surface area (Å²) in [5.74, 6) is 5.71. The van der Waals surface area contributed by atoms with Crippen LogP contribution in [0.1, 0.15) is 58.5 Å². The van der Waals surface area contributed by atoms with Gasteiger partial charge in [-0.25, -0.2) is 19.7 Å². The second kappa shape index (κ2) is 13.8. The van der Waals surface area contributed by atoms with Gasteiger partial charge < -0.3 is 41.0 Å². The lowest BCUT2D eigenvalue weighted by Crippen LogP contribution is -2.42. The van der Waals surface area contributed by atoms with Crippen LogP contribution in [0.15, 0.2) is 6.33 Å². The third kappa shape index (κ3) is 6.56. The monoisotopic (exact) mass is 586 g/mol. The Morgan fingerprint density at radius 2 is 1.95 bits per heavy atom. The maximum atomic E-state index is 12.4. The molecule has 42 heavy (non-hydrogen) atoms. The summed E-state index contributed by atoms with van der Waals surface area (Å²) in [4.78, 5) is 50.7. The molecule has 15 heteroatoms. The van der Waals surface area contributed by atoms with Crippen LogP contribution in [0.25, 0.3) is 11.2 Å². The summed E-state index contributed by atoms with van der Waals surface area (Å²) in [5.41, 5.74) is 6.60. The fraction of sp³-hybridized carbons (Fsp3) is 0.630. The van der Waals surface area contributed by atoms with Gasteiger partial charge in [-0.15, -0.1) is 0 Å². The molecule has 2 aromatic rings. The number of likely N-dealkylation sites (N-methyl/N-ethyl adjacent to an activating group) is 1. The molecule has 0 radical (unpaired) electrons. The van der Waals surface area contributed by atoms with E-state index in [1.807, 2.05) is 13.8 Å². The molecule has 5 atom stereocenters. The van der Waals surface area contributed by atoms with Crippen molar-refractivity contribution in [3.63, 3.8) is 0 Å². The molecule has 3 aliphatic heterocycles. The van der Waals surface area contributed by atoms with E-state index in [9.17, 15) is 24.6 Å². The van der Waals surface area contributed by atoms with Crippen molar-refractivity contribution >= 4 is 34.9 Å². The number of carbonyl (C=O) groups excluding carboxylic acids is 3. The van der Waals surface area contributed by atoms with Crippen LogP contribution in [0.3, 0.4) is 0 Å². The number of ether oxygens (including phenoxy) is 2. The van der Waals surface area contributed by atoms with Gasteiger partial charge in [0.2, 0.25) is 5.82 Å². The highest BCUT2D eigenvalue weighted by Gasteiger charge is 2.47. The Morgan fingerprint density at radius 3 is 2.62 bits per heavy atom. The third-order valence-electron chi connectivity index (χ3n) is 7.28. The predicted molar refractivity (Wildman–Crippen MR) is 149 cm³/mol. The van der Waals surface area contributed by atoms with Crippen LogP contribution in [0.4, 0.5) is 10.6 Å². The highest BCUT2D eigenvalue weighted by atomic mass is 16.6. The number of nitrogens with one attached hydrogen (secondary N) is 2. The van der Waals surface area contributed by atoms with Crippen LogP contribution < -0.4 is 16.4 Å². The normalized spacial score (nSPS) is 25.7. The van der Waals surface area contributed by atoms with E-state index >= 15 is 0 Å². The fourth-order valence-corrected chi connectivity index (χ4v) is 5.04. The van der Waals surface area contributed by atoms with Gasteiger partial charge in [-0.1, -0.05) is 19.8 Å². The lowest BCUT2D eigenvalue weighted by molar-refractivity contribution is -0.137. The average Bonchev–Trinajstić information content (AvgIpc) is 3.68. The largest absolute Gasteiger partial charge is 0.436 e. The van der Waals surface area contributed by atoms with E-state index in [0.717, 1.165) is 12.8 Å². The molecule has 2 aromatic heterocycles. The maximum absolute atomic E-state index is 12.4. The van der Waals surface area contributed by atoms with Crippen LogP contribution in [0.5, 0.6) is 0 Å². The lowest BCUT2D eigenvalue weighted by atomic mass is 9.94. The molecule has 3 amide bonds. The van der Waals surface area contributed by atoms with Gasteiger partial charge in [0, 0.05) is 39.0 Å². The molecule has 3 aliphatic rings. The van der Waals surface area contributed by atoms with E-state index in [4.69, 9.17) is 15.2 Å². The van der Waals surface area contributed by atoms with Gasteiger partial charge in [-0.05, 0) is 31.6 Å². The molecule has 0 saturated carbocycles. The first kappa shape index (κ1) is 30.9. The summed E-state index contributed by atoms with van der Waals surface area (Å²) in [5, 5.41) is 26.2. The fourth-order valence-electron chi connectivity index (χ4n) is 5.04. The zero-order chi connectivity index (χ0) is 30.4. The highest BCUT2D eigenvalue weighted by Crippen LogP contribution is 2.32. The minimum absolute atomic E-state index is 0.0872. The zero-order valence-electron chi connectivity index (χ0n) is 23.9. The van der Waals surface area contributed by atoms with Crippen LogP contribution in [0.2, 0.25) is 0 Å². The van der Waals surface area contributed by atoms with Crippen molar-refractivity contribution in [2.75, 3.05) is 31.9 Å². The van der Waals surface area contributed by atoms with Crippen LogP contribution in [0, 0.1) is 17.8 Å². The predicted octanol–water partition coefficient (Wildman–Crippen LogP) is -0.331. The number of imidazole rings is 1. The molecule has 0 aromatic carbocycles. The number of nitrogens with zero attached hydrogens (tertiary/aromatic N) is 5. The second-order valence-electron chi connectivity index (χ2n) is 9.97. The van der Waals surface area contributed by atoms with E-state index in [-0.39, 0.29) is 34.6 Å². The van der Waals surface area contributed by atoms with Crippen LogP contribution in [-0.4, -0.2) is 103 Å². The molecule has 5 rings (SSSR count). The number of likely N-dealkylation sites (tertiary alicyclic amines) is 1. The molecule has 0 bridgehead atoms. The molecule has 0 aliphatic carbocycles. The third-order valence-corrected chi connectivity index (χ3v) is 7.28. The minimum Gasteiger partial charge on any atom is -0.436 e. The summed E-state index contributed by atoms with van der Waals surface area (Å²) < 4.78 is 12.4. The van der Waals surface area contributed by atoms with Crippen molar-refractivity contribution in [1.29, 1.82) is 0 Å². The smallest absolute Gasteiger partial charge is 0.410 e. The number of rotatable bonds is 5. The number of hydrogen-bond donors (Lipinski definition) is 5. The molecular formula is C27H38N8O7. The maximum Gasteiger partial charge on any atom is 0.410 e. The summed E-state index contributed by atoms with van der Waals surface area (Å²) in [7, 11) is 0. The van der Waals surface area contributed by atoms with E-state index in [1.165, 1.54) is 10.9 Å². The summed E-state index contributed by atoms with van der Waals surface area (Å²) in [6.07, 6.45) is -2.54. The van der Waals surface area contributed by atoms with E-state index in [0.29, 0.717) is 39.0 Å². The van der Waals surface area contributed by atoms with Gasteiger partial charge in [0.25, 0.3) is 11.8 Å². The number of nitrogen functional groups attached to an aromatic ring is 1. The molecule has 2 unspecified atom stereocenters. The first-order chi connectivity index (χ1) is 20.3. The highest BCUT2D eigenvalue weighted by molar-refractivity contribution is 5.85. The van der Waals surface area contributed by atoms with Gasteiger partial charge in [-0.2, -0.15) is 0 Å². The number of fused-ring (bicyclic) bond motifs is 1. The van der Waals surface area contributed by atoms with Crippen molar-refractivity contribution in [2.24, 2.45) is 5.92 Å². The van der Waals surface area contributed by atoms with Crippen molar-refractivity contribution < 1.29 is 34.1 Å². The molecular weight excluding hydrogens is 548 g/mol. The van der Waals surface area contributed by atoms with Gasteiger partial charge in [-0.3, -0.25) is 14.2 Å². The van der Waals surface area contributed by atoms with E-state index in [2.05, 4.69) is 37.4 Å². The summed E-state index contributed by atoms with van der Waals surface area (Å²) in [6.45, 7) is 7.62. The Hall–Kier alpha value is -4.00. The van der Waals surface area contributed by atoms with Crippen LogP contribution >= 0.6 is 0 Å². The molecule has 15 nitrogen and oxygen atoms in total. The number of anilines is 1. The molecule has 3 saturated heterocycles. The topological polar surface area (TPSA) is 207 Å². The number of hydrogen-bond acceptors (Lipinski definition) is 11. The number of piperidine rings is 1. The van der Waals surface area contributed by atoms with Gasteiger partial charge >= 0.3 is 6.09 Å². The van der Waals surface area contributed by atoms with Crippen molar-refractivity contribution in [1.82, 2.24) is 35.1 Å². The first-order valence-electron chi connectivity index (χ1n) is 14.3. The van der Waals surface area contributed by atoms with E-state index in [1.54, 1.807) is 11.8 Å². The molecule has 0 spiro atoms. The lowest BCUT2D eigenvalue weighted by Gasteiger charge is -2.31. The second-order valence-corrected chi connectivity index (χ2v) is 9.97. The van der Waals surface area contributed by atoms with Crippen LogP contribution in [-0.2, 0) is 19.1 Å². The standard InChI is InChI=1S/C25H32N8O7.C2H6/c1-2-27-23(37)19-17(34)18(35)24(40-19)33-12-29-16-20(26)30-15(31-21(16)33)5-3-4-13-7-10-32(11-8-13)25(38)39-14-6-9-28-22(14)36;1-2/h12-14,17-19,24,34-35H,2,4,6-11H2,1H3,(H,27,37)(H,28,36)(H2,26,30,31);1-2H3/t14?,17-,18?,19+,24-;/m1./s1. The Labute approximate surface area is 243 Å². The Kier molecular flexibility index (Phi) is 10.2. The number of aliphatic hydroxyl groups excluding tert-OH is 2. The summed E-state index contributed by atoms with van der Waals surface area (Å²) in [6, 6.07) is 0. The van der Waals surface area contributed by atoms with Gasteiger partial charge in [0.15, 0.2) is 29.9 Å². The Bertz CT molecular complexity index is 1350. The van der Waals surface area contributed by atoms with Gasteiger partial charge in [0.1, 0.15) is 17.7 Å². The summed E-state index contributed by atoms with van der Waals surface area (Å²) >= 11 is 0. The first-order valence-corrected chi connectivity index (χ1v) is 14.3. The van der Waals surface area contributed by atoms with Crippen molar-refractivity contribution in [3.8, 4) is 11.8 Å². The molecule has 6 N–H and O–H groups in total. The molecule has 5 heterocycles. The molecule has 228 valence electrons. The Morgan fingerprint density at radius 1 is 1.21 bits per heavy atom. The van der Waals surface area contributed by atoms with E-state index < -0.39 is 42.6 Å². The average molecular weight is 587 g/mol. The zero-order valence-corrected chi connectivity index (χ0v) is 23.9. The number of aliphatic hydroxyl groups is 2. The molecule has 3 fully saturated rings. The minimum atomic E-state index is -1.44. The van der Waals surface area contributed by atoms with Gasteiger partial charge in [0.05, 0.1) is 6.33 Å². The number of amides is 3. The number of carbonyl (C=O) groups is 3. The quantitative estimate of drug-likeness (QED) is 0.287. The SMILES string of the molecule is CC.CCNC(=O)[C@H]1O[C@@H](n2cnc3c(N)nc(C#CCC4CCN(C(=O)OC5CCNC5=O)CC4)nc32)C(O)[C@H]1O. The van der Waals surface area contributed by atoms with Crippen molar-refractivity contribution in [3.05, 3.63) is 12.2 Å². The van der Waals surface area contributed by atoms with Crippen molar-refractivity contribution in [2.45, 2.75) is 77.1 Å². The Balaban J connectivity index is 0.00000198. The number of aromatic nitrogens is 4.